The average Bonchev–Trinajstić information content (AvgIpc) is 2.91. The van der Waals surface area contributed by atoms with Crippen molar-refractivity contribution in [1.29, 1.82) is 0 Å². The molecule has 0 aliphatic carbocycles. The van der Waals surface area contributed by atoms with Crippen LogP contribution in [0.2, 0.25) is 10.0 Å². The van der Waals surface area contributed by atoms with E-state index in [0.29, 0.717) is 34.4 Å². The maximum atomic E-state index is 12.8. The Labute approximate surface area is 242 Å². The van der Waals surface area contributed by atoms with Crippen molar-refractivity contribution in [3.05, 3.63) is 87.9 Å². The van der Waals surface area contributed by atoms with E-state index in [0.717, 1.165) is 0 Å². The zero-order valence-electron chi connectivity index (χ0n) is 22.2. The second-order valence-corrected chi connectivity index (χ2v) is 9.74. The van der Waals surface area contributed by atoms with Crippen LogP contribution in [0.15, 0.2) is 71.8 Å². The van der Waals surface area contributed by atoms with Gasteiger partial charge >= 0.3 is 0 Å². The van der Waals surface area contributed by atoms with Gasteiger partial charge < -0.3 is 20.1 Å². The van der Waals surface area contributed by atoms with Gasteiger partial charge in [0.15, 0.2) is 18.1 Å². The first kappa shape index (κ1) is 30.5. The number of anilines is 1. The Morgan fingerprint density at radius 3 is 2.38 bits per heavy atom. The van der Waals surface area contributed by atoms with E-state index in [-0.39, 0.29) is 29.0 Å². The van der Waals surface area contributed by atoms with E-state index in [1.807, 2.05) is 25.1 Å². The van der Waals surface area contributed by atoms with Gasteiger partial charge in [-0.05, 0) is 66.9 Å². The number of ether oxygens (including phenoxy) is 2. The number of carbonyl (C=O) groups is 3. The number of amides is 3. The number of rotatable bonds is 12. The summed E-state index contributed by atoms with van der Waals surface area (Å²) in [6.07, 6.45) is 1.43. The molecule has 3 amide bonds. The molecule has 1 atom stereocenters. The molecule has 0 heterocycles. The van der Waals surface area contributed by atoms with Crippen molar-refractivity contribution >= 4 is 52.8 Å². The minimum Gasteiger partial charge on any atom is -0.490 e. The predicted octanol–water partition coefficient (Wildman–Crippen LogP) is 5.31. The molecule has 1 unspecified atom stereocenters. The summed E-state index contributed by atoms with van der Waals surface area (Å²) in [5.41, 5.74) is 3.95. The molecular formula is C29H30Cl2N4O5. The Balaban J connectivity index is 1.61. The summed E-state index contributed by atoms with van der Waals surface area (Å²) in [5.74, 6) is -0.752. The lowest BCUT2D eigenvalue weighted by Gasteiger charge is -2.20. The summed E-state index contributed by atoms with van der Waals surface area (Å²) in [5, 5.41) is 10.0. The van der Waals surface area contributed by atoms with Gasteiger partial charge in [-0.1, -0.05) is 55.2 Å². The molecule has 0 fully saturated rings. The van der Waals surface area contributed by atoms with E-state index in [1.54, 1.807) is 50.2 Å². The fourth-order valence-corrected chi connectivity index (χ4v) is 4.02. The van der Waals surface area contributed by atoms with Gasteiger partial charge in [-0.3, -0.25) is 14.4 Å². The number of hydrazone groups is 1. The van der Waals surface area contributed by atoms with Crippen molar-refractivity contribution in [2.24, 2.45) is 11.0 Å². The molecule has 9 nitrogen and oxygen atoms in total. The standard InChI is InChI=1S/C29H30Cl2N4O5/c1-4-39-25-14-19(10-13-24(25)40-17-26(36)33-21-8-6-5-7-9-21)16-32-35-29(38)27(18(2)3)34-28(37)22-12-11-20(30)15-23(22)31/h5-16,18,27H,4,17H2,1-3H3,(H,33,36)(H,34,37)(H,35,38). The molecule has 3 rings (SSSR count). The molecule has 3 aromatic carbocycles. The first-order valence-corrected chi connectivity index (χ1v) is 13.3. The Morgan fingerprint density at radius 2 is 1.70 bits per heavy atom. The largest absolute Gasteiger partial charge is 0.490 e. The number of benzene rings is 3. The molecule has 11 heteroatoms. The molecule has 0 aliphatic heterocycles. The van der Waals surface area contributed by atoms with Gasteiger partial charge in [-0.15, -0.1) is 0 Å². The summed E-state index contributed by atoms with van der Waals surface area (Å²) in [7, 11) is 0. The molecule has 0 aliphatic rings. The van der Waals surface area contributed by atoms with Gasteiger partial charge in [-0.2, -0.15) is 5.10 Å². The van der Waals surface area contributed by atoms with Crippen molar-refractivity contribution in [3.63, 3.8) is 0 Å². The van der Waals surface area contributed by atoms with Crippen molar-refractivity contribution in [2.75, 3.05) is 18.5 Å². The summed E-state index contributed by atoms with van der Waals surface area (Å²) in [6, 6.07) is 17.7. The van der Waals surface area contributed by atoms with Gasteiger partial charge in [0, 0.05) is 10.7 Å². The van der Waals surface area contributed by atoms with Gasteiger partial charge in [-0.25, -0.2) is 5.43 Å². The molecular weight excluding hydrogens is 555 g/mol. The maximum Gasteiger partial charge on any atom is 0.262 e. The Kier molecular flexibility index (Phi) is 11.4. The number of hydrogen-bond acceptors (Lipinski definition) is 6. The van der Waals surface area contributed by atoms with Crippen LogP contribution in [0.25, 0.3) is 0 Å². The first-order chi connectivity index (χ1) is 19.2. The number of carbonyl (C=O) groups excluding carboxylic acids is 3. The van der Waals surface area contributed by atoms with E-state index in [2.05, 4.69) is 21.2 Å². The van der Waals surface area contributed by atoms with Gasteiger partial charge in [0.25, 0.3) is 17.7 Å². The molecule has 210 valence electrons. The third-order valence-electron chi connectivity index (χ3n) is 5.48. The SMILES string of the molecule is CCOc1cc(C=NNC(=O)C(NC(=O)c2ccc(Cl)cc2Cl)C(C)C)ccc1OCC(=O)Nc1ccccc1. The van der Waals surface area contributed by atoms with E-state index in [1.165, 1.54) is 18.3 Å². The van der Waals surface area contributed by atoms with Crippen molar-refractivity contribution in [1.82, 2.24) is 10.7 Å². The normalized spacial score (nSPS) is 11.7. The topological polar surface area (TPSA) is 118 Å². The molecule has 3 aromatic rings. The van der Waals surface area contributed by atoms with Crippen LogP contribution >= 0.6 is 23.2 Å². The molecule has 3 N–H and O–H groups in total. The smallest absolute Gasteiger partial charge is 0.262 e. The lowest BCUT2D eigenvalue weighted by molar-refractivity contribution is -0.124. The molecule has 0 saturated carbocycles. The number of para-hydroxylation sites is 1. The second kappa shape index (κ2) is 14.9. The van der Waals surface area contributed by atoms with Gasteiger partial charge in [0.2, 0.25) is 0 Å². The van der Waals surface area contributed by atoms with E-state index in [4.69, 9.17) is 32.7 Å². The van der Waals surface area contributed by atoms with Gasteiger partial charge in [0.05, 0.1) is 23.4 Å². The third-order valence-corrected chi connectivity index (χ3v) is 6.03. The highest BCUT2D eigenvalue weighted by Crippen LogP contribution is 2.28. The van der Waals surface area contributed by atoms with Crippen molar-refractivity contribution in [2.45, 2.75) is 26.8 Å². The quantitative estimate of drug-likeness (QED) is 0.197. The lowest BCUT2D eigenvalue weighted by atomic mass is 10.0. The van der Waals surface area contributed by atoms with Crippen LogP contribution in [0.1, 0.15) is 36.7 Å². The van der Waals surface area contributed by atoms with E-state index < -0.39 is 17.9 Å². The Morgan fingerprint density at radius 1 is 0.950 bits per heavy atom. The monoisotopic (exact) mass is 584 g/mol. The Hall–Kier alpha value is -4.08. The van der Waals surface area contributed by atoms with Gasteiger partial charge in [0.1, 0.15) is 6.04 Å². The predicted molar refractivity (Wildman–Crippen MR) is 156 cm³/mol. The molecule has 0 spiro atoms. The zero-order valence-corrected chi connectivity index (χ0v) is 23.8. The molecule has 0 aromatic heterocycles. The van der Waals surface area contributed by atoms with Crippen LogP contribution in [0.4, 0.5) is 5.69 Å². The second-order valence-electron chi connectivity index (χ2n) is 8.90. The summed E-state index contributed by atoms with van der Waals surface area (Å²) in [6.45, 7) is 5.58. The molecule has 0 bridgehead atoms. The van der Waals surface area contributed by atoms with Crippen LogP contribution in [-0.2, 0) is 9.59 Å². The molecule has 40 heavy (non-hydrogen) atoms. The fourth-order valence-electron chi connectivity index (χ4n) is 3.52. The maximum absolute atomic E-state index is 12.8. The molecule has 0 saturated heterocycles. The van der Waals surface area contributed by atoms with E-state index in [9.17, 15) is 14.4 Å². The highest BCUT2D eigenvalue weighted by atomic mass is 35.5. The number of hydrogen-bond donors (Lipinski definition) is 3. The number of halogens is 2. The minimum absolute atomic E-state index is 0.181. The number of nitrogens with zero attached hydrogens (tertiary/aromatic N) is 1. The van der Waals surface area contributed by atoms with Crippen molar-refractivity contribution < 1.29 is 23.9 Å². The summed E-state index contributed by atoms with van der Waals surface area (Å²) >= 11 is 12.0. The van der Waals surface area contributed by atoms with Crippen LogP contribution < -0.4 is 25.5 Å². The molecule has 0 radical (unpaired) electrons. The third kappa shape index (κ3) is 9.00. The fraction of sp³-hybridized carbons (Fsp3) is 0.241. The highest BCUT2D eigenvalue weighted by molar-refractivity contribution is 6.36. The summed E-state index contributed by atoms with van der Waals surface area (Å²) in [4.78, 5) is 37.7. The van der Waals surface area contributed by atoms with Crippen LogP contribution in [-0.4, -0.2) is 43.2 Å². The van der Waals surface area contributed by atoms with E-state index >= 15 is 0 Å². The minimum atomic E-state index is -0.867. The summed E-state index contributed by atoms with van der Waals surface area (Å²) < 4.78 is 11.3. The van der Waals surface area contributed by atoms with Crippen LogP contribution in [0, 0.1) is 5.92 Å². The zero-order chi connectivity index (χ0) is 29.1. The van der Waals surface area contributed by atoms with Crippen LogP contribution in [0.5, 0.6) is 11.5 Å². The average molecular weight is 585 g/mol. The number of nitrogens with one attached hydrogen (secondary N) is 3. The first-order valence-electron chi connectivity index (χ1n) is 12.5. The Bertz CT molecular complexity index is 1370. The lowest BCUT2D eigenvalue weighted by Crippen LogP contribution is -2.48. The van der Waals surface area contributed by atoms with Crippen molar-refractivity contribution in [3.8, 4) is 11.5 Å². The highest BCUT2D eigenvalue weighted by Gasteiger charge is 2.25. The van der Waals surface area contributed by atoms with Crippen LogP contribution in [0.3, 0.4) is 0 Å².